The van der Waals surface area contributed by atoms with Crippen LogP contribution in [0.5, 0.6) is 0 Å². The lowest BCUT2D eigenvalue weighted by molar-refractivity contribution is -0.0509. The van der Waals surface area contributed by atoms with E-state index in [9.17, 15) is 9.59 Å². The standard InChI is InChI=1S/C5H7NO5/c1-2-3-11-5(9)6(10)4(7)8/h2,10H,1,3H2,(H,7,8). The van der Waals surface area contributed by atoms with E-state index in [1.54, 1.807) is 0 Å². The SMILES string of the molecule is C=CCOC(=O)N(O)C(=O)O. The van der Waals surface area contributed by atoms with Crippen LogP contribution in [-0.2, 0) is 4.74 Å². The number of carbonyl (C=O) groups is 2. The molecule has 0 spiro atoms. The van der Waals surface area contributed by atoms with Crippen molar-refractivity contribution in [1.29, 1.82) is 0 Å². The quantitative estimate of drug-likeness (QED) is 0.353. The van der Waals surface area contributed by atoms with Crippen molar-refractivity contribution in [1.82, 2.24) is 5.06 Å². The monoisotopic (exact) mass is 161 g/mol. The number of carbonyl (C=O) groups excluding carboxylic acids is 1. The summed E-state index contributed by atoms with van der Waals surface area (Å²) in [7, 11) is 0. The molecule has 0 aromatic rings. The first-order valence-corrected chi connectivity index (χ1v) is 2.59. The molecule has 6 heteroatoms. The zero-order chi connectivity index (χ0) is 8.85. The highest BCUT2D eigenvalue weighted by molar-refractivity contribution is 5.84. The lowest BCUT2D eigenvalue weighted by atomic mass is 10.7. The first-order valence-electron chi connectivity index (χ1n) is 2.59. The fourth-order valence-corrected chi connectivity index (χ4v) is 0.269. The second kappa shape index (κ2) is 4.29. The van der Waals surface area contributed by atoms with Gasteiger partial charge in [-0.15, -0.1) is 0 Å². The normalized spacial score (nSPS) is 8.45. The zero-order valence-electron chi connectivity index (χ0n) is 5.56. The molecule has 0 saturated heterocycles. The van der Waals surface area contributed by atoms with E-state index in [1.807, 2.05) is 0 Å². The third-order valence-corrected chi connectivity index (χ3v) is 0.679. The van der Waals surface area contributed by atoms with Crippen LogP contribution in [-0.4, -0.2) is 34.2 Å². The van der Waals surface area contributed by atoms with E-state index in [1.165, 1.54) is 6.08 Å². The zero-order valence-corrected chi connectivity index (χ0v) is 5.56. The van der Waals surface area contributed by atoms with Crippen LogP contribution in [0, 0.1) is 0 Å². The summed E-state index contributed by atoms with van der Waals surface area (Å²) in [4.78, 5) is 20.2. The summed E-state index contributed by atoms with van der Waals surface area (Å²) in [6.07, 6.45) is -1.90. The molecule has 0 fully saturated rings. The molecule has 0 atom stereocenters. The molecule has 2 N–H and O–H groups in total. The molecule has 11 heavy (non-hydrogen) atoms. The van der Waals surface area contributed by atoms with E-state index in [-0.39, 0.29) is 6.61 Å². The van der Waals surface area contributed by atoms with Gasteiger partial charge in [0.25, 0.3) is 0 Å². The van der Waals surface area contributed by atoms with Crippen molar-refractivity contribution in [3.05, 3.63) is 12.7 Å². The Morgan fingerprint density at radius 3 is 2.55 bits per heavy atom. The number of imide groups is 1. The van der Waals surface area contributed by atoms with E-state index in [4.69, 9.17) is 10.3 Å². The predicted octanol–water partition coefficient (Wildman–Crippen LogP) is 0.678. The van der Waals surface area contributed by atoms with Crippen LogP contribution < -0.4 is 0 Å². The van der Waals surface area contributed by atoms with Crippen molar-refractivity contribution < 1.29 is 24.6 Å². The summed E-state index contributed by atoms with van der Waals surface area (Å²) >= 11 is 0. The minimum atomic E-state index is -1.79. The molecule has 0 aromatic heterocycles. The number of rotatable bonds is 2. The third kappa shape index (κ3) is 3.21. The van der Waals surface area contributed by atoms with Crippen molar-refractivity contribution in [2.24, 2.45) is 0 Å². The summed E-state index contributed by atoms with van der Waals surface area (Å²) in [6, 6.07) is 0. The molecule has 0 radical (unpaired) electrons. The Morgan fingerprint density at radius 1 is 1.64 bits per heavy atom. The maximum atomic E-state index is 10.4. The number of carboxylic acid groups (broad SMARTS) is 1. The van der Waals surface area contributed by atoms with Crippen LogP contribution in [0.25, 0.3) is 0 Å². The second-order valence-electron chi connectivity index (χ2n) is 1.46. The van der Waals surface area contributed by atoms with Gasteiger partial charge in [0.15, 0.2) is 0 Å². The topological polar surface area (TPSA) is 87.1 Å². The van der Waals surface area contributed by atoms with E-state index in [2.05, 4.69) is 11.3 Å². The Bertz CT molecular complexity index is 178. The van der Waals surface area contributed by atoms with Gasteiger partial charge in [0.1, 0.15) is 6.61 Å². The number of hydrogen-bond donors (Lipinski definition) is 2. The van der Waals surface area contributed by atoms with Crippen LogP contribution in [0.3, 0.4) is 0 Å². The van der Waals surface area contributed by atoms with Crippen LogP contribution >= 0.6 is 0 Å². The molecule has 0 rings (SSSR count). The number of hydroxylamine groups is 2. The Balaban J connectivity index is 3.82. The highest BCUT2D eigenvalue weighted by atomic mass is 16.7. The first kappa shape index (κ1) is 9.44. The van der Waals surface area contributed by atoms with E-state index < -0.39 is 17.2 Å². The average Bonchev–Trinajstić information content (AvgIpc) is 1.98. The van der Waals surface area contributed by atoms with Crippen LogP contribution in [0.1, 0.15) is 0 Å². The fraction of sp³-hybridized carbons (Fsp3) is 0.200. The van der Waals surface area contributed by atoms with Crippen LogP contribution in [0.4, 0.5) is 9.59 Å². The van der Waals surface area contributed by atoms with E-state index >= 15 is 0 Å². The summed E-state index contributed by atoms with van der Waals surface area (Å²) in [5.74, 6) is 0. The smallest absolute Gasteiger partial charge is 0.444 e. The predicted molar refractivity (Wildman–Crippen MR) is 33.2 cm³/mol. The highest BCUT2D eigenvalue weighted by Gasteiger charge is 2.18. The number of hydrogen-bond acceptors (Lipinski definition) is 4. The van der Waals surface area contributed by atoms with Gasteiger partial charge in [-0.05, 0) is 0 Å². The molecule has 0 aliphatic rings. The lowest BCUT2D eigenvalue weighted by Crippen LogP contribution is -2.32. The van der Waals surface area contributed by atoms with Gasteiger partial charge in [-0.25, -0.2) is 9.59 Å². The molecular formula is C5H7NO5. The Hall–Kier alpha value is -1.56. The molecular weight excluding hydrogens is 154 g/mol. The Morgan fingerprint density at radius 2 is 2.18 bits per heavy atom. The van der Waals surface area contributed by atoms with Crippen molar-refractivity contribution in [3.8, 4) is 0 Å². The fourth-order valence-electron chi connectivity index (χ4n) is 0.269. The van der Waals surface area contributed by atoms with Gasteiger partial charge in [-0.3, -0.25) is 5.21 Å². The second-order valence-corrected chi connectivity index (χ2v) is 1.46. The Labute approximate surface area is 62.2 Å². The van der Waals surface area contributed by atoms with Gasteiger partial charge in [-0.1, -0.05) is 17.7 Å². The van der Waals surface area contributed by atoms with Crippen LogP contribution in [0.2, 0.25) is 0 Å². The summed E-state index contributed by atoms with van der Waals surface area (Å²) < 4.78 is 4.15. The number of amides is 2. The van der Waals surface area contributed by atoms with Crippen molar-refractivity contribution in [2.75, 3.05) is 6.61 Å². The Kier molecular flexibility index (Phi) is 3.68. The molecule has 2 amide bonds. The minimum Gasteiger partial charge on any atom is -0.463 e. The maximum absolute atomic E-state index is 10.4. The van der Waals surface area contributed by atoms with Gasteiger partial charge in [0.05, 0.1) is 0 Å². The van der Waals surface area contributed by atoms with Crippen molar-refractivity contribution >= 4 is 12.2 Å². The molecule has 0 aromatic carbocycles. The van der Waals surface area contributed by atoms with Crippen molar-refractivity contribution in [3.63, 3.8) is 0 Å². The average molecular weight is 161 g/mol. The van der Waals surface area contributed by atoms with Gasteiger partial charge in [0.2, 0.25) is 0 Å². The summed E-state index contributed by atoms with van der Waals surface area (Å²) in [5, 5.41) is 15.8. The van der Waals surface area contributed by atoms with Gasteiger partial charge in [-0.2, -0.15) is 0 Å². The molecule has 0 heterocycles. The molecule has 0 saturated carbocycles. The first-order chi connectivity index (χ1) is 5.09. The van der Waals surface area contributed by atoms with E-state index in [0.29, 0.717) is 0 Å². The lowest BCUT2D eigenvalue weighted by Gasteiger charge is -2.07. The largest absolute Gasteiger partial charge is 0.463 e. The van der Waals surface area contributed by atoms with E-state index in [0.717, 1.165) is 0 Å². The maximum Gasteiger partial charge on any atom is 0.444 e. The molecule has 0 aliphatic carbocycles. The highest BCUT2D eigenvalue weighted by Crippen LogP contribution is 1.89. The van der Waals surface area contributed by atoms with Gasteiger partial charge < -0.3 is 9.84 Å². The third-order valence-electron chi connectivity index (χ3n) is 0.679. The minimum absolute atomic E-state index is 0.150. The van der Waals surface area contributed by atoms with Gasteiger partial charge in [0, 0.05) is 0 Å². The van der Waals surface area contributed by atoms with Gasteiger partial charge >= 0.3 is 12.2 Å². The molecule has 0 aliphatic heterocycles. The number of nitrogens with zero attached hydrogens (tertiary/aromatic N) is 1. The van der Waals surface area contributed by atoms with Crippen LogP contribution in [0.15, 0.2) is 12.7 Å². The molecule has 0 unspecified atom stereocenters. The van der Waals surface area contributed by atoms with Crippen molar-refractivity contribution in [2.45, 2.75) is 0 Å². The summed E-state index contributed by atoms with van der Waals surface area (Å²) in [6.45, 7) is 3.06. The molecule has 6 nitrogen and oxygen atoms in total. The summed E-state index contributed by atoms with van der Waals surface area (Å²) in [5.41, 5.74) is 0. The molecule has 62 valence electrons. The number of ether oxygens (including phenoxy) is 1. The molecule has 0 bridgehead atoms.